The molecule has 0 fully saturated rings. The minimum atomic E-state index is -4.73. The van der Waals surface area contributed by atoms with Crippen molar-refractivity contribution in [1.29, 1.82) is 0 Å². The SMILES string of the molecule is C[C@H](Oc1ccc(S(C)(=O)=O)cc1C(=O)N1Cc2cn(-c3cccc(C(F)(F)F)c3)nc2C1)C(F)(F)F. The number of aromatic nitrogens is 2. The molecule has 4 rings (SSSR count). The molecule has 198 valence electrons. The molecule has 7 nitrogen and oxygen atoms in total. The predicted octanol–water partition coefficient (Wildman–Crippen LogP) is 4.78. The maximum Gasteiger partial charge on any atom is 0.425 e. The van der Waals surface area contributed by atoms with Gasteiger partial charge in [-0.3, -0.25) is 4.79 Å². The zero-order valence-corrected chi connectivity index (χ0v) is 20.1. The van der Waals surface area contributed by atoms with Gasteiger partial charge in [0.05, 0.1) is 33.9 Å². The number of sulfone groups is 1. The molecule has 0 aliphatic carbocycles. The Bertz CT molecular complexity index is 1440. The fraction of sp³-hybridized carbons (Fsp3) is 0.304. The molecule has 0 bridgehead atoms. The van der Waals surface area contributed by atoms with Gasteiger partial charge < -0.3 is 9.64 Å². The van der Waals surface area contributed by atoms with Crippen LogP contribution in [0.25, 0.3) is 5.69 Å². The standard InChI is InChI=1S/C23H19F6N3O4S/c1-13(22(24,25)26)36-20-7-6-17(37(2,34)35)9-18(20)21(33)31-10-14-11-32(30-19(14)12-31)16-5-3-4-15(8-16)23(27,28)29/h3-9,11,13H,10,12H2,1-2H3/t13-/m0/s1. The lowest BCUT2D eigenvalue weighted by Gasteiger charge is -2.22. The number of carbonyl (C=O) groups excluding carboxylic acids is 1. The Kier molecular flexibility index (Phi) is 6.51. The molecule has 37 heavy (non-hydrogen) atoms. The number of hydrogen-bond donors (Lipinski definition) is 0. The minimum absolute atomic E-state index is 0.0511. The summed E-state index contributed by atoms with van der Waals surface area (Å²) in [5.41, 5.74) is -0.203. The largest absolute Gasteiger partial charge is 0.480 e. The van der Waals surface area contributed by atoms with E-state index in [0.717, 1.165) is 43.5 Å². The zero-order valence-electron chi connectivity index (χ0n) is 19.3. The van der Waals surface area contributed by atoms with Crippen LogP contribution in [-0.4, -0.2) is 47.5 Å². The molecule has 1 aromatic heterocycles. The van der Waals surface area contributed by atoms with E-state index >= 15 is 0 Å². The highest BCUT2D eigenvalue weighted by molar-refractivity contribution is 7.90. The molecular weight excluding hydrogens is 528 g/mol. The molecule has 2 aromatic carbocycles. The summed E-state index contributed by atoms with van der Waals surface area (Å²) in [6.07, 6.45) is -9.20. The smallest absolute Gasteiger partial charge is 0.425 e. The Morgan fingerprint density at radius 2 is 1.76 bits per heavy atom. The summed E-state index contributed by atoms with van der Waals surface area (Å²) in [5.74, 6) is -1.24. The molecule has 1 amide bonds. The molecule has 0 unspecified atom stereocenters. The van der Waals surface area contributed by atoms with Gasteiger partial charge in [-0.05, 0) is 43.3 Å². The number of fused-ring (bicyclic) bond motifs is 1. The first-order valence-corrected chi connectivity index (χ1v) is 12.5. The number of ether oxygens (including phenoxy) is 1. The van der Waals surface area contributed by atoms with Crippen molar-refractivity contribution in [2.75, 3.05) is 6.26 Å². The van der Waals surface area contributed by atoms with Crippen LogP contribution in [0.1, 0.15) is 34.1 Å². The van der Waals surface area contributed by atoms with Gasteiger partial charge in [-0.1, -0.05) is 6.07 Å². The van der Waals surface area contributed by atoms with Crippen LogP contribution in [0.15, 0.2) is 53.6 Å². The van der Waals surface area contributed by atoms with Gasteiger partial charge in [0.25, 0.3) is 5.91 Å². The number of carbonyl (C=O) groups is 1. The summed E-state index contributed by atoms with van der Waals surface area (Å²) in [5, 5.41) is 4.25. The van der Waals surface area contributed by atoms with Crippen molar-refractivity contribution in [3.05, 3.63) is 71.0 Å². The van der Waals surface area contributed by atoms with Crippen molar-refractivity contribution >= 4 is 15.7 Å². The molecule has 2 heterocycles. The van der Waals surface area contributed by atoms with Crippen LogP contribution < -0.4 is 4.74 Å². The lowest BCUT2D eigenvalue weighted by molar-refractivity contribution is -0.189. The van der Waals surface area contributed by atoms with Crippen molar-refractivity contribution in [1.82, 2.24) is 14.7 Å². The number of rotatable bonds is 5. The number of alkyl halides is 6. The van der Waals surface area contributed by atoms with Crippen LogP contribution in [0.5, 0.6) is 5.75 Å². The Morgan fingerprint density at radius 1 is 1.05 bits per heavy atom. The van der Waals surface area contributed by atoms with E-state index in [1.807, 2.05) is 0 Å². The van der Waals surface area contributed by atoms with E-state index in [0.29, 0.717) is 11.3 Å². The Balaban J connectivity index is 1.61. The van der Waals surface area contributed by atoms with Gasteiger partial charge in [0.2, 0.25) is 0 Å². The quantitative estimate of drug-likeness (QED) is 0.430. The van der Waals surface area contributed by atoms with Crippen LogP contribution in [0, 0.1) is 0 Å². The van der Waals surface area contributed by atoms with E-state index < -0.39 is 45.5 Å². The molecule has 0 N–H and O–H groups in total. The fourth-order valence-corrected chi connectivity index (χ4v) is 4.34. The van der Waals surface area contributed by atoms with Crippen molar-refractivity contribution in [2.24, 2.45) is 0 Å². The lowest BCUT2D eigenvalue weighted by Crippen LogP contribution is -2.33. The summed E-state index contributed by atoms with van der Waals surface area (Å²) in [7, 11) is -3.79. The summed E-state index contributed by atoms with van der Waals surface area (Å²) >= 11 is 0. The van der Waals surface area contributed by atoms with E-state index in [1.54, 1.807) is 0 Å². The number of benzene rings is 2. The minimum Gasteiger partial charge on any atom is -0.480 e. The lowest BCUT2D eigenvalue weighted by atomic mass is 10.1. The van der Waals surface area contributed by atoms with Gasteiger partial charge in [0, 0.05) is 24.6 Å². The molecule has 1 aliphatic heterocycles. The number of amides is 1. The first-order valence-electron chi connectivity index (χ1n) is 10.7. The van der Waals surface area contributed by atoms with E-state index in [9.17, 15) is 39.6 Å². The van der Waals surface area contributed by atoms with E-state index in [4.69, 9.17) is 4.74 Å². The summed E-state index contributed by atoms with van der Waals surface area (Å²) in [4.78, 5) is 14.2. The van der Waals surface area contributed by atoms with Gasteiger partial charge >= 0.3 is 12.4 Å². The second kappa shape index (κ2) is 9.08. The van der Waals surface area contributed by atoms with Crippen molar-refractivity contribution in [3.63, 3.8) is 0 Å². The maximum atomic E-state index is 13.3. The third-order valence-corrected chi connectivity index (χ3v) is 6.79. The zero-order chi connectivity index (χ0) is 27.3. The van der Waals surface area contributed by atoms with Crippen LogP contribution in [0.2, 0.25) is 0 Å². The molecule has 0 radical (unpaired) electrons. The number of hydrogen-bond acceptors (Lipinski definition) is 5. The molecule has 0 saturated heterocycles. The highest BCUT2D eigenvalue weighted by atomic mass is 32.2. The average molecular weight is 547 g/mol. The van der Waals surface area contributed by atoms with Crippen LogP contribution in [0.4, 0.5) is 26.3 Å². The Hall–Kier alpha value is -3.55. The van der Waals surface area contributed by atoms with Crippen LogP contribution in [0.3, 0.4) is 0 Å². The Labute approximate surface area is 207 Å². The molecule has 1 aliphatic rings. The highest BCUT2D eigenvalue weighted by Gasteiger charge is 2.39. The summed E-state index contributed by atoms with van der Waals surface area (Å²) in [6.45, 7) is 0.600. The molecule has 3 aromatic rings. The normalized spacial score (nSPS) is 15.0. The van der Waals surface area contributed by atoms with Crippen molar-refractivity contribution < 1.29 is 44.3 Å². The second-order valence-corrected chi connectivity index (χ2v) is 10.5. The first-order chi connectivity index (χ1) is 17.0. The van der Waals surface area contributed by atoms with E-state index in [2.05, 4.69) is 5.10 Å². The van der Waals surface area contributed by atoms with Gasteiger partial charge in [-0.25, -0.2) is 13.1 Å². The average Bonchev–Trinajstić information content (AvgIpc) is 3.36. The van der Waals surface area contributed by atoms with Gasteiger partial charge in [-0.2, -0.15) is 31.4 Å². The van der Waals surface area contributed by atoms with Crippen molar-refractivity contribution in [2.45, 2.75) is 43.4 Å². The third-order valence-electron chi connectivity index (χ3n) is 5.68. The first kappa shape index (κ1) is 26.5. The molecule has 14 heteroatoms. The monoisotopic (exact) mass is 547 g/mol. The molecule has 1 atom stereocenters. The number of nitrogens with zero attached hydrogens (tertiary/aromatic N) is 3. The Morgan fingerprint density at radius 3 is 2.35 bits per heavy atom. The van der Waals surface area contributed by atoms with Crippen molar-refractivity contribution in [3.8, 4) is 11.4 Å². The fourth-order valence-electron chi connectivity index (χ4n) is 3.69. The number of halogens is 6. The van der Waals surface area contributed by atoms with Gasteiger partial charge in [-0.15, -0.1) is 0 Å². The van der Waals surface area contributed by atoms with E-state index in [-0.39, 0.29) is 29.2 Å². The van der Waals surface area contributed by atoms with Crippen LogP contribution in [-0.2, 0) is 29.1 Å². The molecular formula is C23H19F6N3O4S. The molecule has 0 spiro atoms. The molecule has 0 saturated carbocycles. The summed E-state index contributed by atoms with van der Waals surface area (Å²) in [6, 6.07) is 7.51. The third kappa shape index (κ3) is 5.58. The summed E-state index contributed by atoms with van der Waals surface area (Å²) < 4.78 is 108. The van der Waals surface area contributed by atoms with Gasteiger partial charge in [0.1, 0.15) is 5.75 Å². The van der Waals surface area contributed by atoms with Crippen LogP contribution >= 0.6 is 0 Å². The van der Waals surface area contributed by atoms with E-state index in [1.165, 1.54) is 27.9 Å². The highest BCUT2D eigenvalue weighted by Crippen LogP contribution is 2.33. The topological polar surface area (TPSA) is 81.5 Å². The predicted molar refractivity (Wildman–Crippen MR) is 118 cm³/mol. The maximum absolute atomic E-state index is 13.3. The van der Waals surface area contributed by atoms with Gasteiger partial charge in [0.15, 0.2) is 15.9 Å². The second-order valence-electron chi connectivity index (χ2n) is 8.49.